The Hall–Kier alpha value is -3.32. The summed E-state index contributed by atoms with van der Waals surface area (Å²) < 4.78 is 5.57. The van der Waals surface area contributed by atoms with Crippen LogP contribution >= 0.6 is 0 Å². The summed E-state index contributed by atoms with van der Waals surface area (Å²) in [4.78, 5) is 29.2. The summed E-state index contributed by atoms with van der Waals surface area (Å²) in [6.45, 7) is 3.48. The summed E-state index contributed by atoms with van der Waals surface area (Å²) in [6, 6.07) is 12.4. The standard InChI is InChI=1S/C24H28N2O5/c1-4-15-31-19-11-7-17(8-12-19)22(28)20-21(16-5-9-18(27)10-6-16)26(14-13-25(2)3)24(30)23(20)29/h5-12,21,27-28H,4,13-15H2,1-3H3/t21-/m1/s1. The van der Waals surface area contributed by atoms with E-state index in [-0.39, 0.29) is 17.1 Å². The Balaban J connectivity index is 2.04. The smallest absolute Gasteiger partial charge is 0.295 e. The zero-order valence-corrected chi connectivity index (χ0v) is 18.0. The van der Waals surface area contributed by atoms with E-state index in [4.69, 9.17) is 4.74 Å². The first-order valence-corrected chi connectivity index (χ1v) is 10.3. The maximum absolute atomic E-state index is 12.9. The Morgan fingerprint density at radius 2 is 1.71 bits per heavy atom. The van der Waals surface area contributed by atoms with Crippen molar-refractivity contribution < 1.29 is 24.5 Å². The number of carbonyl (C=O) groups excluding carboxylic acids is 2. The van der Waals surface area contributed by atoms with Crippen molar-refractivity contribution in [2.75, 3.05) is 33.8 Å². The number of hydrogen-bond donors (Lipinski definition) is 2. The van der Waals surface area contributed by atoms with Crippen molar-refractivity contribution in [2.24, 2.45) is 0 Å². The SMILES string of the molecule is CCCOc1ccc(C(O)=C2C(=O)C(=O)N(CCN(C)C)[C@@H]2c2ccc(O)cc2)cc1. The molecule has 2 aromatic carbocycles. The lowest BCUT2D eigenvalue weighted by molar-refractivity contribution is -0.140. The number of amides is 1. The third kappa shape index (κ3) is 4.88. The van der Waals surface area contributed by atoms with Gasteiger partial charge < -0.3 is 24.7 Å². The fourth-order valence-electron chi connectivity index (χ4n) is 3.51. The second kappa shape index (κ2) is 9.66. The lowest BCUT2D eigenvalue weighted by Crippen LogP contribution is -2.35. The van der Waals surface area contributed by atoms with Crippen molar-refractivity contribution in [3.8, 4) is 11.5 Å². The number of aliphatic hydroxyl groups excluding tert-OH is 1. The number of ketones is 1. The summed E-state index contributed by atoms with van der Waals surface area (Å²) in [5.41, 5.74) is 1.11. The minimum absolute atomic E-state index is 0.0386. The number of nitrogens with zero attached hydrogens (tertiary/aromatic N) is 2. The average molecular weight is 424 g/mol. The number of phenols is 1. The van der Waals surface area contributed by atoms with Gasteiger partial charge >= 0.3 is 0 Å². The van der Waals surface area contributed by atoms with Gasteiger partial charge in [-0.2, -0.15) is 0 Å². The van der Waals surface area contributed by atoms with E-state index in [2.05, 4.69) is 0 Å². The summed E-state index contributed by atoms with van der Waals surface area (Å²) in [5.74, 6) is -0.854. The average Bonchev–Trinajstić information content (AvgIpc) is 3.01. The minimum atomic E-state index is -0.739. The van der Waals surface area contributed by atoms with Crippen LogP contribution in [0.1, 0.15) is 30.5 Å². The number of aliphatic hydroxyl groups is 1. The fourth-order valence-corrected chi connectivity index (χ4v) is 3.51. The largest absolute Gasteiger partial charge is 0.508 e. The highest BCUT2D eigenvalue weighted by atomic mass is 16.5. The molecule has 1 aliphatic rings. The number of Topliss-reactive ketones (excluding diaryl/α,β-unsaturated/α-hetero) is 1. The Morgan fingerprint density at radius 3 is 2.29 bits per heavy atom. The van der Waals surface area contributed by atoms with Crippen molar-refractivity contribution >= 4 is 17.4 Å². The Morgan fingerprint density at radius 1 is 1.06 bits per heavy atom. The van der Waals surface area contributed by atoms with E-state index in [1.807, 2.05) is 25.9 Å². The van der Waals surface area contributed by atoms with Crippen molar-refractivity contribution in [1.29, 1.82) is 0 Å². The molecule has 0 saturated carbocycles. The molecule has 1 atom stereocenters. The molecule has 2 aromatic rings. The molecule has 1 aliphatic heterocycles. The maximum atomic E-state index is 12.9. The normalized spacial score (nSPS) is 18.1. The van der Waals surface area contributed by atoms with Crippen LogP contribution in [-0.2, 0) is 9.59 Å². The van der Waals surface area contributed by atoms with Gasteiger partial charge in [-0.05, 0) is 62.5 Å². The van der Waals surface area contributed by atoms with Crippen LogP contribution in [0.25, 0.3) is 5.76 Å². The maximum Gasteiger partial charge on any atom is 0.295 e. The molecule has 1 heterocycles. The molecular weight excluding hydrogens is 396 g/mol. The highest BCUT2D eigenvalue weighted by Crippen LogP contribution is 2.39. The third-order valence-electron chi connectivity index (χ3n) is 5.14. The molecule has 0 spiro atoms. The number of phenolic OH excluding ortho intramolecular Hbond substituents is 1. The summed E-state index contributed by atoms with van der Waals surface area (Å²) in [6.07, 6.45) is 0.880. The molecule has 0 bridgehead atoms. The van der Waals surface area contributed by atoms with Gasteiger partial charge in [-0.3, -0.25) is 9.59 Å². The van der Waals surface area contributed by atoms with Gasteiger partial charge in [0.05, 0.1) is 18.2 Å². The number of benzene rings is 2. The molecule has 3 rings (SSSR count). The van der Waals surface area contributed by atoms with E-state index in [0.29, 0.717) is 36.6 Å². The van der Waals surface area contributed by atoms with Crippen molar-refractivity contribution in [1.82, 2.24) is 9.80 Å². The van der Waals surface area contributed by atoms with Crippen LogP contribution in [0.15, 0.2) is 54.1 Å². The molecule has 0 aromatic heterocycles. The third-order valence-corrected chi connectivity index (χ3v) is 5.14. The lowest BCUT2D eigenvalue weighted by atomic mass is 9.95. The Labute approximate surface area is 182 Å². The van der Waals surface area contributed by atoms with Gasteiger partial charge in [0.25, 0.3) is 11.7 Å². The molecule has 7 nitrogen and oxygen atoms in total. The molecule has 1 fully saturated rings. The van der Waals surface area contributed by atoms with Gasteiger partial charge in [0.15, 0.2) is 0 Å². The molecule has 0 unspecified atom stereocenters. The predicted molar refractivity (Wildman–Crippen MR) is 118 cm³/mol. The van der Waals surface area contributed by atoms with E-state index in [9.17, 15) is 19.8 Å². The van der Waals surface area contributed by atoms with Crippen LogP contribution in [0.5, 0.6) is 11.5 Å². The number of ether oxygens (including phenoxy) is 1. The number of aromatic hydroxyl groups is 1. The minimum Gasteiger partial charge on any atom is -0.508 e. The van der Waals surface area contributed by atoms with Gasteiger partial charge in [0.2, 0.25) is 0 Å². The van der Waals surface area contributed by atoms with Gasteiger partial charge in [0, 0.05) is 18.7 Å². The Kier molecular flexibility index (Phi) is 6.97. The second-order valence-electron chi connectivity index (χ2n) is 7.76. The van der Waals surface area contributed by atoms with E-state index < -0.39 is 17.7 Å². The van der Waals surface area contributed by atoms with Gasteiger partial charge in [-0.25, -0.2) is 0 Å². The second-order valence-corrected chi connectivity index (χ2v) is 7.76. The first kappa shape index (κ1) is 22.4. The lowest BCUT2D eigenvalue weighted by Gasteiger charge is -2.26. The zero-order valence-electron chi connectivity index (χ0n) is 18.0. The molecule has 164 valence electrons. The Bertz CT molecular complexity index is 964. The van der Waals surface area contributed by atoms with Crippen LogP contribution in [0, 0.1) is 0 Å². The molecule has 31 heavy (non-hydrogen) atoms. The van der Waals surface area contributed by atoms with Crippen molar-refractivity contribution in [3.05, 3.63) is 65.2 Å². The van der Waals surface area contributed by atoms with Crippen LogP contribution in [0.4, 0.5) is 0 Å². The summed E-state index contributed by atoms with van der Waals surface area (Å²) in [7, 11) is 3.77. The number of hydrogen-bond acceptors (Lipinski definition) is 6. The first-order chi connectivity index (χ1) is 14.8. The van der Waals surface area contributed by atoms with Crippen LogP contribution in [0.3, 0.4) is 0 Å². The summed E-state index contributed by atoms with van der Waals surface area (Å²) in [5, 5.41) is 20.7. The number of likely N-dealkylation sites (tertiary alicyclic amines) is 1. The monoisotopic (exact) mass is 424 g/mol. The molecule has 0 aliphatic carbocycles. The van der Waals surface area contributed by atoms with Gasteiger partial charge in [-0.15, -0.1) is 0 Å². The first-order valence-electron chi connectivity index (χ1n) is 10.3. The van der Waals surface area contributed by atoms with Crippen molar-refractivity contribution in [2.45, 2.75) is 19.4 Å². The number of likely N-dealkylation sites (N-methyl/N-ethyl adjacent to an activating group) is 1. The van der Waals surface area contributed by atoms with Crippen LogP contribution < -0.4 is 4.74 Å². The quantitative estimate of drug-likeness (QED) is 0.384. The molecule has 2 N–H and O–H groups in total. The summed E-state index contributed by atoms with van der Waals surface area (Å²) >= 11 is 0. The van der Waals surface area contributed by atoms with E-state index in [0.717, 1.165) is 6.42 Å². The van der Waals surface area contributed by atoms with Crippen LogP contribution in [-0.4, -0.2) is 65.5 Å². The van der Waals surface area contributed by atoms with E-state index in [1.54, 1.807) is 36.4 Å². The zero-order chi connectivity index (χ0) is 22.5. The molecule has 0 radical (unpaired) electrons. The van der Waals surface area contributed by atoms with Gasteiger partial charge in [0.1, 0.15) is 17.3 Å². The highest BCUT2D eigenvalue weighted by molar-refractivity contribution is 6.46. The molecule has 7 heteroatoms. The number of rotatable bonds is 8. The molecule has 1 saturated heterocycles. The van der Waals surface area contributed by atoms with E-state index >= 15 is 0 Å². The van der Waals surface area contributed by atoms with Crippen molar-refractivity contribution in [3.63, 3.8) is 0 Å². The molecular formula is C24H28N2O5. The number of carbonyl (C=O) groups is 2. The highest BCUT2D eigenvalue weighted by Gasteiger charge is 2.45. The van der Waals surface area contributed by atoms with E-state index in [1.165, 1.54) is 17.0 Å². The fraction of sp³-hybridized carbons (Fsp3) is 0.333. The predicted octanol–water partition coefficient (Wildman–Crippen LogP) is 3.16. The topological polar surface area (TPSA) is 90.3 Å². The van der Waals surface area contributed by atoms with Gasteiger partial charge in [-0.1, -0.05) is 19.1 Å². The van der Waals surface area contributed by atoms with Crippen LogP contribution in [0.2, 0.25) is 0 Å². The molecule has 1 amide bonds.